The van der Waals surface area contributed by atoms with Crippen molar-refractivity contribution in [3.63, 3.8) is 0 Å². The van der Waals surface area contributed by atoms with Gasteiger partial charge in [0.05, 0.1) is 7.11 Å². The molecule has 0 bridgehead atoms. The van der Waals surface area contributed by atoms with E-state index in [1.165, 1.54) is 12.1 Å². The number of nitrogens with one attached hydrogen (secondary N) is 1. The third-order valence-electron chi connectivity index (χ3n) is 2.99. The van der Waals surface area contributed by atoms with Crippen LogP contribution in [0.5, 0.6) is 5.88 Å². The van der Waals surface area contributed by atoms with Gasteiger partial charge in [0.2, 0.25) is 5.88 Å². The number of pyridine rings is 1. The first-order valence-electron chi connectivity index (χ1n) is 6.17. The molecule has 4 heteroatoms. The van der Waals surface area contributed by atoms with Crippen molar-refractivity contribution >= 4 is 0 Å². The highest BCUT2D eigenvalue weighted by molar-refractivity contribution is 5.26. The van der Waals surface area contributed by atoms with Crippen LogP contribution < -0.4 is 10.1 Å². The fraction of sp³-hybridized carbons (Fsp3) is 0.267. The summed E-state index contributed by atoms with van der Waals surface area (Å²) in [7, 11) is 1.60. The number of ether oxygens (including phenoxy) is 1. The van der Waals surface area contributed by atoms with Crippen molar-refractivity contribution in [2.45, 2.75) is 19.5 Å². The highest BCUT2D eigenvalue weighted by atomic mass is 19.1. The third-order valence-corrected chi connectivity index (χ3v) is 2.99. The standard InChI is InChI=1S/C15H17FN2O/c1-11(12-5-3-7-14(16)9-12)18-10-13-6-4-8-17-15(13)19-2/h3-9,11,18H,10H2,1-2H3/t11-/m1/s1. The maximum atomic E-state index is 13.2. The zero-order valence-corrected chi connectivity index (χ0v) is 11.1. The number of aromatic nitrogens is 1. The summed E-state index contributed by atoms with van der Waals surface area (Å²) in [4.78, 5) is 4.14. The molecular formula is C15H17FN2O. The number of hydrogen-bond donors (Lipinski definition) is 1. The maximum absolute atomic E-state index is 13.2. The lowest BCUT2D eigenvalue weighted by molar-refractivity contribution is 0.389. The molecule has 0 amide bonds. The second kappa shape index (κ2) is 6.29. The van der Waals surface area contributed by atoms with Crippen molar-refractivity contribution in [3.05, 3.63) is 59.5 Å². The quantitative estimate of drug-likeness (QED) is 0.897. The smallest absolute Gasteiger partial charge is 0.217 e. The van der Waals surface area contributed by atoms with Crippen LogP contribution in [0, 0.1) is 5.82 Å². The van der Waals surface area contributed by atoms with Gasteiger partial charge in [-0.05, 0) is 30.7 Å². The Labute approximate surface area is 112 Å². The number of benzene rings is 1. The van der Waals surface area contributed by atoms with Gasteiger partial charge in [0.15, 0.2) is 0 Å². The number of rotatable bonds is 5. The highest BCUT2D eigenvalue weighted by Gasteiger charge is 2.08. The molecule has 1 aromatic carbocycles. The van der Waals surface area contributed by atoms with Crippen LogP contribution in [0.15, 0.2) is 42.6 Å². The predicted molar refractivity (Wildman–Crippen MR) is 72.4 cm³/mol. The van der Waals surface area contributed by atoms with Crippen LogP contribution in [-0.2, 0) is 6.54 Å². The topological polar surface area (TPSA) is 34.1 Å². The van der Waals surface area contributed by atoms with E-state index in [4.69, 9.17) is 4.74 Å². The van der Waals surface area contributed by atoms with Gasteiger partial charge in [0, 0.05) is 24.3 Å². The zero-order chi connectivity index (χ0) is 13.7. The van der Waals surface area contributed by atoms with Crippen LogP contribution in [0.1, 0.15) is 24.1 Å². The van der Waals surface area contributed by atoms with E-state index in [2.05, 4.69) is 10.3 Å². The lowest BCUT2D eigenvalue weighted by atomic mass is 10.1. The molecule has 100 valence electrons. The fourth-order valence-electron chi connectivity index (χ4n) is 1.90. The van der Waals surface area contributed by atoms with Gasteiger partial charge in [-0.1, -0.05) is 18.2 Å². The van der Waals surface area contributed by atoms with Gasteiger partial charge in [-0.3, -0.25) is 0 Å². The first-order chi connectivity index (χ1) is 9.20. The molecule has 0 aliphatic carbocycles. The molecule has 3 nitrogen and oxygen atoms in total. The van der Waals surface area contributed by atoms with Crippen LogP contribution in [0.4, 0.5) is 4.39 Å². The van der Waals surface area contributed by atoms with Gasteiger partial charge in [-0.2, -0.15) is 0 Å². The van der Waals surface area contributed by atoms with Crippen LogP contribution in [0.25, 0.3) is 0 Å². The molecule has 2 aromatic rings. The first-order valence-corrected chi connectivity index (χ1v) is 6.17. The summed E-state index contributed by atoms with van der Waals surface area (Å²) in [5, 5.41) is 3.33. The molecule has 0 spiro atoms. The molecule has 0 saturated carbocycles. The number of hydrogen-bond acceptors (Lipinski definition) is 3. The van der Waals surface area contributed by atoms with E-state index in [0.717, 1.165) is 11.1 Å². The summed E-state index contributed by atoms with van der Waals surface area (Å²) in [6, 6.07) is 10.5. The third kappa shape index (κ3) is 3.51. The van der Waals surface area contributed by atoms with E-state index >= 15 is 0 Å². The molecule has 0 aliphatic rings. The average Bonchev–Trinajstić information content (AvgIpc) is 2.45. The Bertz CT molecular complexity index is 545. The molecule has 0 unspecified atom stereocenters. The van der Waals surface area contributed by atoms with Gasteiger partial charge in [0.25, 0.3) is 0 Å². The Balaban J connectivity index is 2.02. The van der Waals surface area contributed by atoms with E-state index in [1.807, 2.05) is 25.1 Å². The fourth-order valence-corrected chi connectivity index (χ4v) is 1.90. The average molecular weight is 260 g/mol. The Morgan fingerprint density at radius 2 is 2.16 bits per heavy atom. The van der Waals surface area contributed by atoms with Gasteiger partial charge < -0.3 is 10.1 Å². The number of nitrogens with zero attached hydrogens (tertiary/aromatic N) is 1. The van der Waals surface area contributed by atoms with E-state index in [9.17, 15) is 4.39 Å². The lowest BCUT2D eigenvalue weighted by Crippen LogP contribution is -2.18. The molecule has 0 aliphatic heterocycles. The summed E-state index contributed by atoms with van der Waals surface area (Å²) >= 11 is 0. The first kappa shape index (κ1) is 13.5. The summed E-state index contributed by atoms with van der Waals surface area (Å²) in [5.41, 5.74) is 1.90. The molecule has 0 fully saturated rings. The second-order valence-electron chi connectivity index (χ2n) is 4.33. The van der Waals surface area contributed by atoms with Crippen LogP contribution in [0.3, 0.4) is 0 Å². The molecule has 0 radical (unpaired) electrons. The van der Waals surface area contributed by atoms with Gasteiger partial charge >= 0.3 is 0 Å². The minimum Gasteiger partial charge on any atom is -0.481 e. The zero-order valence-electron chi connectivity index (χ0n) is 11.1. The molecule has 1 atom stereocenters. The predicted octanol–water partition coefficient (Wildman–Crippen LogP) is 3.08. The highest BCUT2D eigenvalue weighted by Crippen LogP contribution is 2.17. The molecule has 1 N–H and O–H groups in total. The minimum absolute atomic E-state index is 0.0561. The Morgan fingerprint density at radius 1 is 1.32 bits per heavy atom. The van der Waals surface area contributed by atoms with Gasteiger partial charge in [-0.25, -0.2) is 9.37 Å². The molecule has 1 aromatic heterocycles. The SMILES string of the molecule is COc1ncccc1CN[C@H](C)c1cccc(F)c1. The van der Waals surface area contributed by atoms with Crippen LogP contribution in [-0.4, -0.2) is 12.1 Å². The molecule has 0 saturated heterocycles. The van der Waals surface area contributed by atoms with Gasteiger partial charge in [-0.15, -0.1) is 0 Å². The summed E-state index contributed by atoms with van der Waals surface area (Å²) in [6.45, 7) is 2.62. The van der Waals surface area contributed by atoms with Crippen LogP contribution in [0.2, 0.25) is 0 Å². The van der Waals surface area contributed by atoms with E-state index in [-0.39, 0.29) is 11.9 Å². The number of methoxy groups -OCH3 is 1. The largest absolute Gasteiger partial charge is 0.481 e. The second-order valence-corrected chi connectivity index (χ2v) is 4.33. The maximum Gasteiger partial charge on any atom is 0.217 e. The van der Waals surface area contributed by atoms with E-state index in [1.54, 1.807) is 19.4 Å². The Kier molecular flexibility index (Phi) is 4.47. The molecule has 19 heavy (non-hydrogen) atoms. The van der Waals surface area contributed by atoms with Gasteiger partial charge in [0.1, 0.15) is 5.82 Å². The molecule has 1 heterocycles. The van der Waals surface area contributed by atoms with Crippen molar-refractivity contribution in [2.75, 3.05) is 7.11 Å². The lowest BCUT2D eigenvalue weighted by Gasteiger charge is -2.15. The summed E-state index contributed by atoms with van der Waals surface area (Å²) in [6.07, 6.45) is 1.69. The normalized spacial score (nSPS) is 12.2. The van der Waals surface area contributed by atoms with Crippen LogP contribution >= 0.6 is 0 Å². The van der Waals surface area contributed by atoms with Crippen molar-refractivity contribution in [1.29, 1.82) is 0 Å². The van der Waals surface area contributed by atoms with Crippen molar-refractivity contribution in [1.82, 2.24) is 10.3 Å². The van der Waals surface area contributed by atoms with E-state index < -0.39 is 0 Å². The van der Waals surface area contributed by atoms with E-state index in [0.29, 0.717) is 12.4 Å². The van der Waals surface area contributed by atoms with Crippen molar-refractivity contribution < 1.29 is 9.13 Å². The summed E-state index contributed by atoms with van der Waals surface area (Å²) < 4.78 is 18.3. The van der Waals surface area contributed by atoms with Crippen molar-refractivity contribution in [2.24, 2.45) is 0 Å². The monoisotopic (exact) mass is 260 g/mol. The Hall–Kier alpha value is -1.94. The summed E-state index contributed by atoms with van der Waals surface area (Å²) in [5.74, 6) is 0.395. The molecular weight excluding hydrogens is 243 g/mol. The minimum atomic E-state index is -0.217. The van der Waals surface area contributed by atoms with Crippen molar-refractivity contribution in [3.8, 4) is 5.88 Å². The molecule has 2 rings (SSSR count). The number of halogens is 1. The Morgan fingerprint density at radius 3 is 2.89 bits per heavy atom.